The number of hydrogen-bond acceptors (Lipinski definition) is 6. The first kappa shape index (κ1) is 16.8. The first-order chi connectivity index (χ1) is 13.2. The average Bonchev–Trinajstić information content (AvgIpc) is 3.42. The van der Waals surface area contributed by atoms with Crippen LogP contribution in [0.5, 0.6) is 0 Å². The minimum Gasteiger partial charge on any atom is -0.321 e. The molecule has 2 aromatic heterocycles. The zero-order valence-electron chi connectivity index (χ0n) is 15.3. The highest BCUT2D eigenvalue weighted by atomic mass is 32.1. The van der Waals surface area contributed by atoms with E-state index in [9.17, 15) is 4.79 Å². The molecule has 0 aliphatic carbocycles. The number of rotatable bonds is 4. The van der Waals surface area contributed by atoms with Crippen molar-refractivity contribution in [3.8, 4) is 0 Å². The van der Waals surface area contributed by atoms with E-state index in [1.54, 1.807) is 4.52 Å². The molecule has 0 N–H and O–H groups in total. The number of carbonyl (C=O) groups excluding carboxylic acids is 1. The third kappa shape index (κ3) is 2.93. The van der Waals surface area contributed by atoms with E-state index in [2.05, 4.69) is 49.4 Å². The van der Waals surface area contributed by atoms with Crippen LogP contribution in [0.2, 0.25) is 0 Å². The van der Waals surface area contributed by atoms with Crippen LogP contribution in [0.3, 0.4) is 0 Å². The van der Waals surface area contributed by atoms with Gasteiger partial charge in [-0.3, -0.25) is 9.69 Å². The Morgan fingerprint density at radius 2 is 2.11 bits per heavy atom. The highest BCUT2D eigenvalue weighted by Gasteiger charge is 2.44. The van der Waals surface area contributed by atoms with Crippen molar-refractivity contribution in [3.05, 3.63) is 46.7 Å². The van der Waals surface area contributed by atoms with E-state index in [-0.39, 0.29) is 12.1 Å². The van der Waals surface area contributed by atoms with Gasteiger partial charge in [-0.2, -0.15) is 9.61 Å². The fourth-order valence-electron chi connectivity index (χ4n) is 4.33. The minimum atomic E-state index is 0.0752. The van der Waals surface area contributed by atoms with E-state index < -0.39 is 0 Å². The van der Waals surface area contributed by atoms with Gasteiger partial charge in [0.05, 0.1) is 0 Å². The van der Waals surface area contributed by atoms with Crippen molar-refractivity contribution in [1.82, 2.24) is 29.6 Å². The van der Waals surface area contributed by atoms with E-state index in [1.165, 1.54) is 29.7 Å². The highest BCUT2D eigenvalue weighted by molar-refractivity contribution is 7.16. The van der Waals surface area contributed by atoms with Gasteiger partial charge in [-0.05, 0) is 25.3 Å². The Labute approximate surface area is 161 Å². The number of aryl methyl sites for hydroxylation is 2. The molecule has 5 rings (SSSR count). The predicted octanol–water partition coefficient (Wildman–Crippen LogP) is 2.43. The van der Waals surface area contributed by atoms with Gasteiger partial charge in [0, 0.05) is 32.0 Å². The van der Waals surface area contributed by atoms with E-state index in [1.807, 2.05) is 13.0 Å². The number of benzene rings is 1. The lowest BCUT2D eigenvalue weighted by Crippen LogP contribution is -2.35. The lowest BCUT2D eigenvalue weighted by atomic mass is 10.1. The lowest BCUT2D eigenvalue weighted by Gasteiger charge is -2.30. The average molecular weight is 382 g/mol. The number of carbonyl (C=O) groups is 1. The summed E-state index contributed by atoms with van der Waals surface area (Å²) in [5.74, 6) is 0.990. The van der Waals surface area contributed by atoms with Crippen LogP contribution in [-0.4, -0.2) is 54.6 Å². The van der Waals surface area contributed by atoms with Crippen LogP contribution in [0.25, 0.3) is 4.96 Å². The maximum atomic E-state index is 13.1. The first-order valence-corrected chi connectivity index (χ1v) is 10.3. The van der Waals surface area contributed by atoms with Gasteiger partial charge in [0.25, 0.3) is 0 Å². The summed E-state index contributed by atoms with van der Waals surface area (Å²) in [5, 5.41) is 13.6. The molecule has 7 nitrogen and oxygen atoms in total. The molecule has 8 heteroatoms. The zero-order chi connectivity index (χ0) is 18.4. The van der Waals surface area contributed by atoms with Crippen LogP contribution >= 0.6 is 11.3 Å². The van der Waals surface area contributed by atoms with Gasteiger partial charge in [0.1, 0.15) is 11.2 Å². The third-order valence-electron chi connectivity index (χ3n) is 5.60. The van der Waals surface area contributed by atoms with E-state index >= 15 is 0 Å². The molecule has 27 heavy (non-hydrogen) atoms. The second-order valence-electron chi connectivity index (χ2n) is 7.30. The molecule has 0 radical (unpaired) electrons. The molecule has 0 bridgehead atoms. The molecule has 2 saturated heterocycles. The van der Waals surface area contributed by atoms with Gasteiger partial charge in [-0.25, -0.2) is 0 Å². The van der Waals surface area contributed by atoms with Crippen molar-refractivity contribution in [3.63, 3.8) is 0 Å². The molecular formula is C19H22N6OS. The molecule has 140 valence electrons. The van der Waals surface area contributed by atoms with Gasteiger partial charge in [0.2, 0.25) is 10.9 Å². The number of fused-ring (bicyclic) bond motifs is 2. The molecule has 0 spiro atoms. The van der Waals surface area contributed by atoms with Gasteiger partial charge < -0.3 is 4.90 Å². The third-order valence-corrected chi connectivity index (χ3v) is 6.56. The predicted molar refractivity (Wildman–Crippen MR) is 102 cm³/mol. The summed E-state index contributed by atoms with van der Waals surface area (Å²) in [6.45, 7) is 3.79. The minimum absolute atomic E-state index is 0.0752. The standard InChI is InChI=1S/C19H22N6OS/c1-13-20-21-19-25(13)22-16(27-19)9-10-17(26)24-12-15-8-5-11-23(15)18(24)14-6-3-2-4-7-14/h2-4,6-7,15,18H,5,8-12H2,1H3. The zero-order valence-corrected chi connectivity index (χ0v) is 16.1. The van der Waals surface area contributed by atoms with Crippen molar-refractivity contribution < 1.29 is 4.79 Å². The molecule has 1 amide bonds. The number of hydrogen-bond donors (Lipinski definition) is 0. The molecule has 2 fully saturated rings. The summed E-state index contributed by atoms with van der Waals surface area (Å²) >= 11 is 1.51. The Hall–Kier alpha value is -2.32. The fourth-order valence-corrected chi connectivity index (χ4v) is 5.21. The number of amides is 1. The van der Waals surface area contributed by atoms with Crippen molar-refractivity contribution >= 4 is 22.2 Å². The fraction of sp³-hybridized carbons (Fsp3) is 0.474. The second kappa shape index (κ2) is 6.69. The van der Waals surface area contributed by atoms with Crippen molar-refractivity contribution in [2.75, 3.05) is 13.1 Å². The Balaban J connectivity index is 1.33. The van der Waals surface area contributed by atoms with E-state index in [4.69, 9.17) is 0 Å². The molecule has 1 aromatic carbocycles. The van der Waals surface area contributed by atoms with Crippen LogP contribution in [0.4, 0.5) is 0 Å². The van der Waals surface area contributed by atoms with Crippen LogP contribution in [0.1, 0.15) is 41.8 Å². The quantitative estimate of drug-likeness (QED) is 0.693. The normalized spacial score (nSPS) is 22.6. The summed E-state index contributed by atoms with van der Waals surface area (Å²) in [6.07, 6.45) is 3.61. The molecule has 2 aliphatic heterocycles. The lowest BCUT2D eigenvalue weighted by molar-refractivity contribution is -0.133. The summed E-state index contributed by atoms with van der Waals surface area (Å²) in [5.41, 5.74) is 1.21. The second-order valence-corrected chi connectivity index (χ2v) is 8.34. The number of nitrogens with zero attached hydrogens (tertiary/aromatic N) is 6. The Bertz CT molecular complexity index is 967. The summed E-state index contributed by atoms with van der Waals surface area (Å²) in [7, 11) is 0. The maximum absolute atomic E-state index is 13.1. The topological polar surface area (TPSA) is 66.6 Å². The molecule has 3 aromatic rings. The van der Waals surface area contributed by atoms with Crippen LogP contribution < -0.4 is 0 Å². The summed E-state index contributed by atoms with van der Waals surface area (Å²) in [6, 6.07) is 10.9. The first-order valence-electron chi connectivity index (χ1n) is 9.48. The smallest absolute Gasteiger partial charge is 0.234 e. The van der Waals surface area contributed by atoms with Gasteiger partial charge in [-0.1, -0.05) is 41.7 Å². The molecule has 0 saturated carbocycles. The summed E-state index contributed by atoms with van der Waals surface area (Å²) < 4.78 is 1.75. The summed E-state index contributed by atoms with van der Waals surface area (Å²) in [4.78, 5) is 18.5. The molecule has 2 unspecified atom stereocenters. The number of aromatic nitrogens is 4. The SMILES string of the molecule is Cc1nnc2sc(CCC(=O)N3CC4CCCN4C3c3ccccc3)nn12. The van der Waals surface area contributed by atoms with Crippen LogP contribution in [-0.2, 0) is 11.2 Å². The highest BCUT2D eigenvalue weighted by Crippen LogP contribution is 2.39. The van der Waals surface area contributed by atoms with Crippen molar-refractivity contribution in [1.29, 1.82) is 0 Å². The van der Waals surface area contributed by atoms with Gasteiger partial charge in [-0.15, -0.1) is 10.2 Å². The van der Waals surface area contributed by atoms with Crippen LogP contribution in [0.15, 0.2) is 30.3 Å². The Kier molecular flexibility index (Phi) is 4.17. The largest absolute Gasteiger partial charge is 0.321 e. The van der Waals surface area contributed by atoms with E-state index in [0.717, 1.165) is 28.9 Å². The monoisotopic (exact) mass is 382 g/mol. The van der Waals surface area contributed by atoms with Gasteiger partial charge in [0.15, 0.2) is 5.82 Å². The molecule has 4 heterocycles. The maximum Gasteiger partial charge on any atom is 0.234 e. The Morgan fingerprint density at radius 1 is 1.26 bits per heavy atom. The van der Waals surface area contributed by atoms with Crippen molar-refractivity contribution in [2.24, 2.45) is 0 Å². The van der Waals surface area contributed by atoms with Gasteiger partial charge >= 0.3 is 0 Å². The van der Waals surface area contributed by atoms with E-state index in [0.29, 0.717) is 18.9 Å². The Morgan fingerprint density at radius 3 is 2.93 bits per heavy atom. The van der Waals surface area contributed by atoms with Crippen molar-refractivity contribution in [2.45, 2.75) is 44.8 Å². The molecular weight excluding hydrogens is 360 g/mol. The van der Waals surface area contributed by atoms with Crippen LogP contribution in [0, 0.1) is 6.92 Å². The molecule has 2 atom stereocenters. The molecule has 2 aliphatic rings.